The molecule has 0 fully saturated rings. The van der Waals surface area contributed by atoms with E-state index in [2.05, 4.69) is 4.89 Å². The summed E-state index contributed by atoms with van der Waals surface area (Å²) in [6.45, 7) is 6.90. The van der Waals surface area contributed by atoms with Gasteiger partial charge in [-0.2, -0.15) is 0 Å². The number of hydrogen-bond acceptors (Lipinski definition) is 3. The lowest BCUT2D eigenvalue weighted by Crippen LogP contribution is -2.33. The van der Waals surface area contributed by atoms with E-state index >= 15 is 0 Å². The lowest BCUT2D eigenvalue weighted by Gasteiger charge is -2.19. The summed E-state index contributed by atoms with van der Waals surface area (Å²) in [4.78, 5) is 7.28. The molecule has 0 saturated heterocycles. The van der Waals surface area contributed by atoms with Gasteiger partial charge in [-0.15, -0.1) is 0 Å². The molecule has 0 heterocycles. The summed E-state index contributed by atoms with van der Waals surface area (Å²) in [5, 5.41) is 0.406. The van der Waals surface area contributed by atoms with Crippen molar-refractivity contribution >= 4 is 21.6 Å². The molecular formula is C11H16ClNO3S. The Labute approximate surface area is 107 Å². The second kappa shape index (κ2) is 4.94. The Hall–Kier alpha value is -0.620. The Balaban J connectivity index is 3.02. The van der Waals surface area contributed by atoms with Crippen molar-refractivity contribution < 1.29 is 13.3 Å². The van der Waals surface area contributed by atoms with E-state index < -0.39 is 15.6 Å². The van der Waals surface area contributed by atoms with E-state index in [0.29, 0.717) is 10.6 Å². The van der Waals surface area contributed by atoms with Crippen molar-refractivity contribution in [3.8, 4) is 0 Å². The monoisotopic (exact) mass is 277 g/mol. The zero-order chi connectivity index (χ0) is 13.3. The van der Waals surface area contributed by atoms with Gasteiger partial charge in [0.1, 0.15) is 0 Å². The van der Waals surface area contributed by atoms with E-state index in [4.69, 9.17) is 16.4 Å². The molecular weight excluding hydrogens is 262 g/mol. The van der Waals surface area contributed by atoms with Crippen molar-refractivity contribution in [3.63, 3.8) is 0 Å². The SMILES string of the molecule is Cc1c(Cl)cccc1S(=O)(=O)NOC(C)(C)C. The quantitative estimate of drug-likeness (QED) is 0.864. The zero-order valence-corrected chi connectivity index (χ0v) is 11.8. The summed E-state index contributed by atoms with van der Waals surface area (Å²) in [6.07, 6.45) is 0. The highest BCUT2D eigenvalue weighted by molar-refractivity contribution is 7.89. The molecule has 0 unspecified atom stereocenters. The molecule has 0 aliphatic carbocycles. The van der Waals surface area contributed by atoms with Crippen molar-refractivity contribution in [2.24, 2.45) is 0 Å². The Morgan fingerprint density at radius 1 is 1.29 bits per heavy atom. The molecule has 1 N–H and O–H groups in total. The second-order valence-corrected chi connectivity index (χ2v) is 6.68. The van der Waals surface area contributed by atoms with Crippen LogP contribution in [0.2, 0.25) is 5.02 Å². The van der Waals surface area contributed by atoms with Crippen LogP contribution in [0.5, 0.6) is 0 Å². The zero-order valence-electron chi connectivity index (χ0n) is 10.2. The van der Waals surface area contributed by atoms with Crippen molar-refractivity contribution in [2.45, 2.75) is 38.2 Å². The largest absolute Gasteiger partial charge is 0.281 e. The fourth-order valence-corrected chi connectivity index (χ4v) is 2.55. The molecule has 0 aliphatic rings. The molecule has 96 valence electrons. The van der Waals surface area contributed by atoms with Crippen molar-refractivity contribution in [1.82, 2.24) is 4.89 Å². The Kier molecular flexibility index (Phi) is 4.19. The number of halogens is 1. The Morgan fingerprint density at radius 3 is 2.41 bits per heavy atom. The summed E-state index contributed by atoms with van der Waals surface area (Å²) < 4.78 is 23.9. The molecule has 0 aromatic heterocycles. The first kappa shape index (κ1) is 14.4. The van der Waals surface area contributed by atoms with Crippen LogP contribution in [0.25, 0.3) is 0 Å². The third-order valence-corrected chi connectivity index (χ3v) is 3.70. The van der Waals surface area contributed by atoms with Gasteiger partial charge in [-0.1, -0.05) is 22.6 Å². The maximum Gasteiger partial charge on any atom is 0.262 e. The summed E-state index contributed by atoms with van der Waals surface area (Å²) in [6, 6.07) is 4.71. The van der Waals surface area contributed by atoms with E-state index in [1.807, 2.05) is 0 Å². The Morgan fingerprint density at radius 2 is 1.88 bits per heavy atom. The van der Waals surface area contributed by atoms with E-state index in [0.717, 1.165) is 0 Å². The molecule has 6 heteroatoms. The van der Waals surface area contributed by atoms with Crippen LogP contribution in [0.4, 0.5) is 0 Å². The van der Waals surface area contributed by atoms with Gasteiger partial charge in [-0.25, -0.2) is 8.42 Å². The van der Waals surface area contributed by atoms with Gasteiger partial charge in [-0.05, 0) is 45.4 Å². The van der Waals surface area contributed by atoms with Crippen molar-refractivity contribution in [1.29, 1.82) is 0 Å². The molecule has 1 rings (SSSR count). The highest BCUT2D eigenvalue weighted by Gasteiger charge is 2.21. The van der Waals surface area contributed by atoms with Gasteiger partial charge in [0.25, 0.3) is 10.0 Å². The van der Waals surface area contributed by atoms with Gasteiger partial charge < -0.3 is 0 Å². The van der Waals surface area contributed by atoms with Crippen LogP contribution in [0, 0.1) is 6.92 Å². The topological polar surface area (TPSA) is 55.4 Å². The van der Waals surface area contributed by atoms with Crippen LogP contribution in [0.3, 0.4) is 0 Å². The van der Waals surface area contributed by atoms with Gasteiger partial charge >= 0.3 is 0 Å². The first-order valence-corrected chi connectivity index (χ1v) is 6.94. The lowest BCUT2D eigenvalue weighted by molar-refractivity contribution is -0.0357. The predicted octanol–water partition coefficient (Wildman–Crippen LogP) is 2.66. The molecule has 0 amide bonds. The second-order valence-electron chi connectivity index (χ2n) is 4.66. The van der Waals surface area contributed by atoms with Crippen molar-refractivity contribution in [3.05, 3.63) is 28.8 Å². The minimum absolute atomic E-state index is 0.120. The maximum absolute atomic E-state index is 12.0. The molecule has 0 atom stereocenters. The summed E-state index contributed by atoms with van der Waals surface area (Å²) in [5.74, 6) is 0. The molecule has 1 aromatic rings. The fraction of sp³-hybridized carbons (Fsp3) is 0.455. The van der Waals surface area contributed by atoms with Gasteiger partial charge in [0.2, 0.25) is 0 Å². The molecule has 0 aliphatic heterocycles. The van der Waals surface area contributed by atoms with E-state index in [-0.39, 0.29) is 4.90 Å². The maximum atomic E-state index is 12.0. The van der Waals surface area contributed by atoms with Crippen LogP contribution < -0.4 is 4.89 Å². The molecule has 0 bridgehead atoms. The van der Waals surface area contributed by atoms with Crippen LogP contribution in [0.15, 0.2) is 23.1 Å². The minimum atomic E-state index is -3.70. The Bertz CT molecular complexity index is 506. The van der Waals surface area contributed by atoms with E-state index in [1.165, 1.54) is 6.07 Å². The molecule has 1 aromatic carbocycles. The molecule has 0 radical (unpaired) electrons. The third-order valence-electron chi connectivity index (χ3n) is 1.97. The summed E-state index contributed by atoms with van der Waals surface area (Å²) in [5.41, 5.74) is -0.0984. The van der Waals surface area contributed by atoms with E-state index in [9.17, 15) is 8.42 Å². The normalized spacial score (nSPS) is 12.8. The van der Waals surface area contributed by atoms with Crippen LogP contribution >= 0.6 is 11.6 Å². The van der Waals surface area contributed by atoms with Gasteiger partial charge in [0.05, 0.1) is 10.5 Å². The minimum Gasteiger partial charge on any atom is -0.281 e. The average Bonchev–Trinajstić information content (AvgIpc) is 2.18. The van der Waals surface area contributed by atoms with Crippen LogP contribution in [-0.4, -0.2) is 14.0 Å². The number of sulfonamides is 1. The number of benzene rings is 1. The highest BCUT2D eigenvalue weighted by atomic mass is 35.5. The van der Waals surface area contributed by atoms with Crippen molar-refractivity contribution in [2.75, 3.05) is 0 Å². The van der Waals surface area contributed by atoms with Gasteiger partial charge in [0, 0.05) is 5.02 Å². The van der Waals surface area contributed by atoms with Gasteiger partial charge in [-0.3, -0.25) is 4.84 Å². The fourth-order valence-electron chi connectivity index (χ4n) is 1.10. The van der Waals surface area contributed by atoms with Gasteiger partial charge in [0.15, 0.2) is 0 Å². The molecule has 0 spiro atoms. The third kappa shape index (κ3) is 3.96. The smallest absolute Gasteiger partial charge is 0.262 e. The molecule has 0 saturated carbocycles. The number of rotatable bonds is 3. The van der Waals surface area contributed by atoms with Crippen LogP contribution in [0.1, 0.15) is 26.3 Å². The highest BCUT2D eigenvalue weighted by Crippen LogP contribution is 2.22. The first-order valence-electron chi connectivity index (χ1n) is 5.08. The summed E-state index contributed by atoms with van der Waals surface area (Å²) >= 11 is 5.88. The molecule has 17 heavy (non-hydrogen) atoms. The predicted molar refractivity (Wildman–Crippen MR) is 67.3 cm³/mol. The van der Waals surface area contributed by atoms with Crippen LogP contribution in [-0.2, 0) is 14.9 Å². The lowest BCUT2D eigenvalue weighted by atomic mass is 10.2. The average molecular weight is 278 g/mol. The first-order chi connectivity index (χ1) is 7.63. The number of hydrogen-bond donors (Lipinski definition) is 1. The standard InChI is InChI=1S/C11H16ClNO3S/c1-8-9(12)6-5-7-10(8)17(14,15)13-16-11(2,3)4/h5-7,13H,1-4H3. The molecule has 4 nitrogen and oxygen atoms in total. The van der Waals surface area contributed by atoms with E-state index in [1.54, 1.807) is 39.8 Å². The summed E-state index contributed by atoms with van der Waals surface area (Å²) in [7, 11) is -3.70. The number of nitrogens with one attached hydrogen (secondary N) is 1.